The fraction of sp³-hybridized carbons (Fsp3) is 0.632. The molecule has 1 fully saturated rings. The molecule has 1 atom stereocenters. The number of likely N-dealkylation sites (tertiary alicyclic amines) is 1. The van der Waals surface area contributed by atoms with Gasteiger partial charge in [-0.15, -0.1) is 0 Å². The number of carbonyl (C=O) groups is 1. The quantitative estimate of drug-likeness (QED) is 0.908. The maximum atomic E-state index is 12.3. The van der Waals surface area contributed by atoms with E-state index in [2.05, 4.69) is 31.2 Å². The molecule has 3 heteroatoms. The molecule has 0 spiro atoms. The Labute approximate surface area is 134 Å². The van der Waals surface area contributed by atoms with Crippen molar-refractivity contribution in [3.8, 4) is 0 Å². The van der Waals surface area contributed by atoms with Crippen LogP contribution in [0.5, 0.6) is 0 Å². The predicted octanol–water partition coefficient (Wildman–Crippen LogP) is 3.15. The van der Waals surface area contributed by atoms with Gasteiger partial charge in [-0.2, -0.15) is 0 Å². The minimum atomic E-state index is -0.343. The van der Waals surface area contributed by atoms with Gasteiger partial charge in [0, 0.05) is 13.1 Å². The lowest BCUT2D eigenvalue weighted by Crippen LogP contribution is -2.49. The molecule has 0 bridgehead atoms. The monoisotopic (exact) mass is 302 g/mol. The summed E-state index contributed by atoms with van der Waals surface area (Å²) in [6.45, 7) is 7.89. The lowest BCUT2D eigenvalue weighted by atomic mass is 9.90. The van der Waals surface area contributed by atoms with Gasteiger partial charge in [0.2, 0.25) is 5.91 Å². The van der Waals surface area contributed by atoms with Crippen molar-refractivity contribution < 1.29 is 4.79 Å². The van der Waals surface area contributed by atoms with E-state index in [1.54, 1.807) is 0 Å². The van der Waals surface area contributed by atoms with E-state index >= 15 is 0 Å². The summed E-state index contributed by atoms with van der Waals surface area (Å²) in [6.07, 6.45) is 4.59. The second-order valence-corrected chi connectivity index (χ2v) is 7.06. The largest absolute Gasteiger partial charge is 0.341 e. The molecule has 1 aromatic rings. The van der Waals surface area contributed by atoms with Gasteiger partial charge >= 0.3 is 0 Å². The van der Waals surface area contributed by atoms with Gasteiger partial charge in [0.05, 0.1) is 6.04 Å². The van der Waals surface area contributed by atoms with Crippen LogP contribution in [0.2, 0.25) is 0 Å². The zero-order valence-corrected chi connectivity index (χ0v) is 14.2. The highest BCUT2D eigenvalue weighted by Crippen LogP contribution is 2.23. The Morgan fingerprint density at radius 2 is 1.82 bits per heavy atom. The number of piperidine rings is 1. The van der Waals surface area contributed by atoms with E-state index in [0.717, 1.165) is 38.3 Å². The molecule has 0 unspecified atom stereocenters. The molecule has 0 aromatic heterocycles. The van der Waals surface area contributed by atoms with Gasteiger partial charge < -0.3 is 10.6 Å². The Kier molecular flexibility index (Phi) is 6.01. The maximum absolute atomic E-state index is 12.3. The highest BCUT2D eigenvalue weighted by molar-refractivity contribution is 5.82. The van der Waals surface area contributed by atoms with Crippen molar-refractivity contribution in [1.82, 2.24) is 4.90 Å². The van der Waals surface area contributed by atoms with Crippen LogP contribution in [0, 0.1) is 18.8 Å². The summed E-state index contributed by atoms with van der Waals surface area (Å²) >= 11 is 0. The highest BCUT2D eigenvalue weighted by Gasteiger charge is 2.27. The lowest BCUT2D eigenvalue weighted by molar-refractivity contribution is -0.135. The molecule has 0 saturated carbocycles. The smallest absolute Gasteiger partial charge is 0.239 e. The van der Waals surface area contributed by atoms with Crippen molar-refractivity contribution in [2.75, 3.05) is 13.1 Å². The van der Waals surface area contributed by atoms with Gasteiger partial charge in [0.15, 0.2) is 0 Å². The van der Waals surface area contributed by atoms with Crippen molar-refractivity contribution in [3.05, 3.63) is 35.4 Å². The number of benzene rings is 1. The Bertz CT molecular complexity index is 473. The molecular weight excluding hydrogens is 272 g/mol. The van der Waals surface area contributed by atoms with Crippen LogP contribution in [-0.2, 0) is 11.2 Å². The molecule has 1 saturated heterocycles. The summed E-state index contributed by atoms with van der Waals surface area (Å²) in [6, 6.07) is 8.49. The van der Waals surface area contributed by atoms with Gasteiger partial charge in [0.25, 0.3) is 0 Å². The van der Waals surface area contributed by atoms with Crippen LogP contribution in [0.25, 0.3) is 0 Å². The van der Waals surface area contributed by atoms with Crippen LogP contribution in [0.15, 0.2) is 24.3 Å². The first-order chi connectivity index (χ1) is 10.5. The molecule has 0 radical (unpaired) electrons. The van der Waals surface area contributed by atoms with Gasteiger partial charge in [-0.05, 0) is 50.0 Å². The summed E-state index contributed by atoms with van der Waals surface area (Å²) in [5.74, 6) is 1.08. The molecule has 3 nitrogen and oxygen atoms in total. The Balaban J connectivity index is 1.75. The van der Waals surface area contributed by atoms with E-state index in [9.17, 15) is 4.79 Å². The fourth-order valence-corrected chi connectivity index (χ4v) is 3.06. The first-order valence-corrected chi connectivity index (χ1v) is 8.57. The number of hydrogen-bond donors (Lipinski definition) is 1. The Morgan fingerprint density at radius 1 is 1.23 bits per heavy atom. The summed E-state index contributed by atoms with van der Waals surface area (Å²) in [7, 11) is 0. The SMILES string of the molecule is Cc1ccc(CCC2CCN(C(=O)[C@@H](N)C(C)C)CC2)cc1. The van der Waals surface area contributed by atoms with Crippen molar-refractivity contribution in [2.45, 2.75) is 52.5 Å². The number of aryl methyl sites for hydroxylation is 2. The zero-order valence-electron chi connectivity index (χ0n) is 14.2. The first kappa shape index (κ1) is 17.0. The molecule has 1 aliphatic heterocycles. The third-order valence-corrected chi connectivity index (χ3v) is 4.89. The van der Waals surface area contributed by atoms with Crippen LogP contribution >= 0.6 is 0 Å². The normalized spacial score (nSPS) is 17.8. The third kappa shape index (κ3) is 4.57. The van der Waals surface area contributed by atoms with Crippen LogP contribution in [0.3, 0.4) is 0 Å². The van der Waals surface area contributed by atoms with E-state index in [1.165, 1.54) is 17.5 Å². The lowest BCUT2D eigenvalue weighted by Gasteiger charge is -2.34. The van der Waals surface area contributed by atoms with Gasteiger partial charge in [0.1, 0.15) is 0 Å². The molecule has 2 rings (SSSR count). The Morgan fingerprint density at radius 3 is 2.36 bits per heavy atom. The summed E-state index contributed by atoms with van der Waals surface area (Å²) in [4.78, 5) is 14.2. The maximum Gasteiger partial charge on any atom is 0.239 e. The van der Waals surface area contributed by atoms with E-state index in [-0.39, 0.29) is 17.9 Å². The molecule has 1 aromatic carbocycles. The van der Waals surface area contributed by atoms with Crippen molar-refractivity contribution >= 4 is 5.91 Å². The average Bonchev–Trinajstić information content (AvgIpc) is 2.53. The molecule has 1 heterocycles. The Hall–Kier alpha value is -1.35. The van der Waals surface area contributed by atoms with E-state index in [1.807, 2.05) is 18.7 Å². The summed E-state index contributed by atoms with van der Waals surface area (Å²) in [5, 5.41) is 0. The molecule has 22 heavy (non-hydrogen) atoms. The minimum Gasteiger partial charge on any atom is -0.341 e. The van der Waals surface area contributed by atoms with Crippen LogP contribution < -0.4 is 5.73 Å². The standard InChI is InChI=1S/C19H30N2O/c1-14(2)18(20)19(22)21-12-10-17(11-13-21)9-8-16-6-4-15(3)5-7-16/h4-7,14,17-18H,8-13,20H2,1-3H3/t18-/m0/s1. The number of carbonyl (C=O) groups excluding carboxylic acids is 1. The molecule has 0 aliphatic carbocycles. The van der Waals surface area contributed by atoms with E-state index in [4.69, 9.17) is 5.73 Å². The minimum absolute atomic E-state index is 0.131. The number of nitrogens with two attached hydrogens (primary N) is 1. The van der Waals surface area contributed by atoms with Crippen LogP contribution in [0.4, 0.5) is 0 Å². The predicted molar refractivity (Wildman–Crippen MR) is 91.6 cm³/mol. The summed E-state index contributed by atoms with van der Waals surface area (Å²) in [5.41, 5.74) is 8.72. The topological polar surface area (TPSA) is 46.3 Å². The zero-order chi connectivity index (χ0) is 16.1. The molecule has 122 valence electrons. The molecule has 1 amide bonds. The second kappa shape index (κ2) is 7.77. The summed E-state index contributed by atoms with van der Waals surface area (Å²) < 4.78 is 0. The number of rotatable bonds is 5. The average molecular weight is 302 g/mol. The van der Waals surface area contributed by atoms with Gasteiger partial charge in [-0.25, -0.2) is 0 Å². The van der Waals surface area contributed by atoms with Crippen molar-refractivity contribution in [2.24, 2.45) is 17.6 Å². The second-order valence-electron chi connectivity index (χ2n) is 7.06. The number of hydrogen-bond acceptors (Lipinski definition) is 2. The highest BCUT2D eigenvalue weighted by atomic mass is 16.2. The van der Waals surface area contributed by atoms with Crippen LogP contribution in [-0.4, -0.2) is 29.9 Å². The van der Waals surface area contributed by atoms with E-state index < -0.39 is 0 Å². The van der Waals surface area contributed by atoms with Crippen molar-refractivity contribution in [1.29, 1.82) is 0 Å². The van der Waals surface area contributed by atoms with E-state index in [0.29, 0.717) is 0 Å². The first-order valence-electron chi connectivity index (χ1n) is 8.57. The van der Waals surface area contributed by atoms with Gasteiger partial charge in [-0.1, -0.05) is 43.7 Å². The third-order valence-electron chi connectivity index (χ3n) is 4.89. The molecule has 2 N–H and O–H groups in total. The fourth-order valence-electron chi connectivity index (χ4n) is 3.06. The number of amides is 1. The van der Waals surface area contributed by atoms with Crippen LogP contribution in [0.1, 0.15) is 44.2 Å². The van der Waals surface area contributed by atoms with Crippen molar-refractivity contribution in [3.63, 3.8) is 0 Å². The molecular formula is C19H30N2O. The number of nitrogens with zero attached hydrogens (tertiary/aromatic N) is 1. The van der Waals surface area contributed by atoms with Gasteiger partial charge in [-0.3, -0.25) is 4.79 Å². The molecule has 1 aliphatic rings.